The van der Waals surface area contributed by atoms with Crippen molar-refractivity contribution in [3.8, 4) is 5.88 Å². The Morgan fingerprint density at radius 2 is 2.00 bits per heavy atom. The first-order valence-electron chi connectivity index (χ1n) is 8.28. The monoisotopic (exact) mass is 304 g/mol. The van der Waals surface area contributed by atoms with Gasteiger partial charge >= 0.3 is 0 Å². The quantitative estimate of drug-likeness (QED) is 0.876. The molecule has 1 heterocycles. The van der Waals surface area contributed by atoms with E-state index in [1.165, 1.54) is 12.8 Å². The van der Waals surface area contributed by atoms with Crippen molar-refractivity contribution < 1.29 is 14.6 Å². The van der Waals surface area contributed by atoms with Crippen LogP contribution in [0.25, 0.3) is 0 Å². The maximum atomic E-state index is 12.0. The van der Waals surface area contributed by atoms with Crippen molar-refractivity contribution in [2.75, 3.05) is 0 Å². The molecule has 2 aliphatic carbocycles. The maximum Gasteiger partial charge on any atom is 0.252 e. The van der Waals surface area contributed by atoms with Crippen LogP contribution >= 0.6 is 0 Å². The Labute approximate surface area is 131 Å². The zero-order valence-electron chi connectivity index (χ0n) is 12.9. The topological polar surface area (TPSA) is 71.5 Å². The van der Waals surface area contributed by atoms with Crippen LogP contribution in [0, 0.1) is 0 Å². The van der Waals surface area contributed by atoms with Gasteiger partial charge in [0.25, 0.3) is 5.91 Å². The minimum absolute atomic E-state index is 0.267. The van der Waals surface area contributed by atoms with Gasteiger partial charge < -0.3 is 15.2 Å². The highest BCUT2D eigenvalue weighted by molar-refractivity contribution is 5.85. The summed E-state index contributed by atoms with van der Waals surface area (Å²) in [4.78, 5) is 16.3. The van der Waals surface area contributed by atoms with Crippen molar-refractivity contribution in [1.29, 1.82) is 0 Å². The van der Waals surface area contributed by atoms with Gasteiger partial charge in [-0.1, -0.05) is 6.07 Å². The second-order valence-corrected chi connectivity index (χ2v) is 6.45. The Morgan fingerprint density at radius 3 is 2.64 bits per heavy atom. The molecule has 1 aromatic heterocycles. The van der Waals surface area contributed by atoms with E-state index in [1.807, 2.05) is 12.1 Å². The lowest BCUT2D eigenvalue weighted by molar-refractivity contribution is -0.139. The molecule has 2 saturated carbocycles. The number of hydrogen-bond acceptors (Lipinski definition) is 4. The van der Waals surface area contributed by atoms with Gasteiger partial charge in [-0.25, -0.2) is 4.98 Å². The van der Waals surface area contributed by atoms with Gasteiger partial charge in [-0.15, -0.1) is 0 Å². The number of amides is 1. The number of aliphatic hydroxyl groups is 1. The van der Waals surface area contributed by atoms with E-state index in [0.717, 1.165) is 31.2 Å². The van der Waals surface area contributed by atoms with E-state index in [-0.39, 0.29) is 5.91 Å². The molecule has 0 aromatic carbocycles. The molecule has 120 valence electrons. The second kappa shape index (κ2) is 6.65. The largest absolute Gasteiger partial charge is 0.474 e. The highest BCUT2D eigenvalue weighted by atomic mass is 16.5. The van der Waals surface area contributed by atoms with Gasteiger partial charge in [0.1, 0.15) is 11.7 Å². The Kier molecular flexibility index (Phi) is 4.62. The van der Waals surface area contributed by atoms with Crippen molar-refractivity contribution in [1.82, 2.24) is 10.3 Å². The first-order valence-corrected chi connectivity index (χ1v) is 8.28. The number of nitrogens with zero attached hydrogens (tertiary/aromatic N) is 1. The number of nitrogens with one attached hydrogen (secondary N) is 1. The van der Waals surface area contributed by atoms with Crippen LogP contribution in [0.5, 0.6) is 5.88 Å². The van der Waals surface area contributed by atoms with Gasteiger partial charge in [0, 0.05) is 18.8 Å². The number of ether oxygens (including phenoxy) is 1. The summed E-state index contributed by atoms with van der Waals surface area (Å²) in [5.74, 6) is 0.382. The summed E-state index contributed by atoms with van der Waals surface area (Å²) in [7, 11) is 0. The maximum absolute atomic E-state index is 12.0. The van der Waals surface area contributed by atoms with Crippen LogP contribution in [0.4, 0.5) is 0 Å². The molecule has 2 aliphatic rings. The first-order chi connectivity index (χ1) is 10.7. The van der Waals surface area contributed by atoms with E-state index in [9.17, 15) is 9.90 Å². The summed E-state index contributed by atoms with van der Waals surface area (Å²) in [6.07, 6.45) is 9.66. The third kappa shape index (κ3) is 3.58. The van der Waals surface area contributed by atoms with Crippen LogP contribution in [0.15, 0.2) is 18.3 Å². The molecule has 5 heteroatoms. The molecule has 0 saturated heterocycles. The van der Waals surface area contributed by atoms with E-state index in [0.29, 0.717) is 31.4 Å². The standard InChI is InChI=1S/C17H24N2O3/c20-16(17(21)9-3-4-10-17)19-12-13-7-8-15(18-11-13)22-14-5-1-2-6-14/h7-8,11,14,21H,1-6,9-10,12H2,(H,19,20). The summed E-state index contributed by atoms with van der Waals surface area (Å²) in [5, 5.41) is 13.0. The molecule has 5 nitrogen and oxygen atoms in total. The highest BCUT2D eigenvalue weighted by Crippen LogP contribution is 2.29. The summed E-state index contributed by atoms with van der Waals surface area (Å²) >= 11 is 0. The normalized spacial score (nSPS) is 21.0. The average molecular weight is 304 g/mol. The first kappa shape index (κ1) is 15.3. The number of carbonyl (C=O) groups excluding carboxylic acids is 1. The third-order valence-electron chi connectivity index (χ3n) is 4.69. The summed E-state index contributed by atoms with van der Waals surface area (Å²) in [6.45, 7) is 0.387. The van der Waals surface area contributed by atoms with E-state index >= 15 is 0 Å². The van der Waals surface area contributed by atoms with Gasteiger partial charge in [-0.2, -0.15) is 0 Å². The summed E-state index contributed by atoms with van der Waals surface area (Å²) in [6, 6.07) is 3.76. The predicted octanol–water partition coefficient (Wildman–Crippen LogP) is 2.32. The van der Waals surface area contributed by atoms with Crippen molar-refractivity contribution in [2.24, 2.45) is 0 Å². The Hall–Kier alpha value is -1.62. The number of carbonyl (C=O) groups is 1. The SMILES string of the molecule is O=C(NCc1ccc(OC2CCCC2)nc1)C1(O)CCCC1. The molecule has 22 heavy (non-hydrogen) atoms. The van der Waals surface area contributed by atoms with Crippen LogP contribution in [0.3, 0.4) is 0 Å². The molecule has 0 aliphatic heterocycles. The fraction of sp³-hybridized carbons (Fsp3) is 0.647. The van der Waals surface area contributed by atoms with Crippen LogP contribution in [0.2, 0.25) is 0 Å². The van der Waals surface area contributed by atoms with Gasteiger partial charge in [-0.3, -0.25) is 4.79 Å². The molecule has 0 atom stereocenters. The molecule has 0 radical (unpaired) electrons. The Balaban J connectivity index is 1.49. The highest BCUT2D eigenvalue weighted by Gasteiger charge is 2.38. The lowest BCUT2D eigenvalue weighted by atomic mass is 10.0. The van der Waals surface area contributed by atoms with Gasteiger partial charge in [-0.05, 0) is 56.9 Å². The van der Waals surface area contributed by atoms with Crippen molar-refractivity contribution >= 4 is 5.91 Å². The van der Waals surface area contributed by atoms with Crippen molar-refractivity contribution in [2.45, 2.75) is 69.6 Å². The molecule has 3 rings (SSSR count). The molecule has 0 bridgehead atoms. The third-order valence-corrected chi connectivity index (χ3v) is 4.69. The van der Waals surface area contributed by atoms with E-state index in [4.69, 9.17) is 4.74 Å². The fourth-order valence-electron chi connectivity index (χ4n) is 3.30. The predicted molar refractivity (Wildman–Crippen MR) is 82.4 cm³/mol. The Morgan fingerprint density at radius 1 is 1.27 bits per heavy atom. The van der Waals surface area contributed by atoms with Gasteiger partial charge in [0.15, 0.2) is 0 Å². The number of pyridine rings is 1. The Bertz CT molecular complexity index is 503. The lowest BCUT2D eigenvalue weighted by Crippen LogP contribution is -2.44. The fourth-order valence-corrected chi connectivity index (χ4v) is 3.30. The molecule has 0 spiro atoms. The van der Waals surface area contributed by atoms with E-state index < -0.39 is 5.60 Å². The van der Waals surface area contributed by atoms with Crippen LogP contribution in [-0.4, -0.2) is 27.7 Å². The van der Waals surface area contributed by atoms with E-state index in [2.05, 4.69) is 10.3 Å². The smallest absolute Gasteiger partial charge is 0.252 e. The summed E-state index contributed by atoms with van der Waals surface area (Å²) in [5.41, 5.74) is -0.257. The number of rotatable bonds is 5. The van der Waals surface area contributed by atoms with E-state index in [1.54, 1.807) is 6.20 Å². The number of hydrogen-bond donors (Lipinski definition) is 2. The zero-order valence-corrected chi connectivity index (χ0v) is 12.9. The summed E-state index contributed by atoms with van der Waals surface area (Å²) < 4.78 is 5.81. The molecule has 0 unspecified atom stereocenters. The molecule has 2 fully saturated rings. The van der Waals surface area contributed by atoms with Crippen LogP contribution < -0.4 is 10.1 Å². The van der Waals surface area contributed by atoms with Gasteiger partial charge in [0.2, 0.25) is 5.88 Å². The average Bonchev–Trinajstić information content (AvgIpc) is 3.19. The minimum Gasteiger partial charge on any atom is -0.474 e. The number of aromatic nitrogens is 1. The van der Waals surface area contributed by atoms with Crippen molar-refractivity contribution in [3.63, 3.8) is 0 Å². The lowest BCUT2D eigenvalue weighted by Gasteiger charge is -2.20. The van der Waals surface area contributed by atoms with Gasteiger partial charge in [0.05, 0.1) is 0 Å². The molecular formula is C17H24N2O3. The molecule has 1 amide bonds. The molecule has 1 aromatic rings. The molecular weight excluding hydrogens is 280 g/mol. The second-order valence-electron chi connectivity index (χ2n) is 6.45. The zero-order chi connectivity index (χ0) is 15.4. The van der Waals surface area contributed by atoms with Crippen LogP contribution in [0.1, 0.15) is 56.9 Å². The van der Waals surface area contributed by atoms with Crippen molar-refractivity contribution in [3.05, 3.63) is 23.9 Å². The molecule has 2 N–H and O–H groups in total. The minimum atomic E-state index is -1.17. The van der Waals surface area contributed by atoms with Crippen LogP contribution in [-0.2, 0) is 11.3 Å².